The van der Waals surface area contributed by atoms with Crippen molar-refractivity contribution in [3.63, 3.8) is 0 Å². The Hall–Kier alpha value is -3.99. The maximum absolute atomic E-state index is 14.0. The van der Waals surface area contributed by atoms with Crippen LogP contribution in [-0.4, -0.2) is 93.1 Å². The van der Waals surface area contributed by atoms with Gasteiger partial charge in [0.2, 0.25) is 5.91 Å². The fraction of sp³-hybridized carbons (Fsp3) is 0.583. The molecule has 2 aliphatic heterocycles. The van der Waals surface area contributed by atoms with E-state index in [9.17, 15) is 24.8 Å². The van der Waals surface area contributed by atoms with Gasteiger partial charge in [0.05, 0.1) is 17.5 Å². The first-order valence-corrected chi connectivity index (χ1v) is 20.9. The molecule has 2 atom stereocenters. The van der Waals surface area contributed by atoms with Crippen molar-refractivity contribution < 1.29 is 24.2 Å². The van der Waals surface area contributed by atoms with E-state index in [-0.39, 0.29) is 42.7 Å². The number of fused-ring (bicyclic) bond motifs is 1. The lowest BCUT2D eigenvalue weighted by atomic mass is 9.79. The van der Waals surface area contributed by atoms with E-state index >= 15 is 0 Å². The third-order valence-corrected chi connectivity index (χ3v) is 11.2. The molecule has 264 valence electrons. The van der Waals surface area contributed by atoms with Crippen LogP contribution >= 0.6 is 0 Å². The predicted octanol–water partition coefficient (Wildman–Crippen LogP) is 4.78. The van der Waals surface area contributed by atoms with Gasteiger partial charge in [0.1, 0.15) is 36.1 Å². The Morgan fingerprint density at radius 1 is 1.10 bits per heavy atom. The van der Waals surface area contributed by atoms with E-state index in [4.69, 9.17) is 9.47 Å². The fourth-order valence-electron chi connectivity index (χ4n) is 6.67. The van der Waals surface area contributed by atoms with E-state index in [1.165, 1.54) is 17.0 Å². The van der Waals surface area contributed by atoms with Crippen LogP contribution in [0.15, 0.2) is 47.5 Å². The number of hydrogen-bond donors (Lipinski definition) is 1. The maximum Gasteiger partial charge on any atom is 0.410 e. The van der Waals surface area contributed by atoms with Gasteiger partial charge in [-0.3, -0.25) is 18.7 Å². The molecule has 4 heterocycles. The largest absolute Gasteiger partial charge is 0.444 e. The summed E-state index contributed by atoms with van der Waals surface area (Å²) in [5, 5.41) is 21.6. The van der Waals surface area contributed by atoms with E-state index in [2.05, 4.69) is 30.7 Å². The van der Waals surface area contributed by atoms with E-state index in [0.29, 0.717) is 68.8 Å². The summed E-state index contributed by atoms with van der Waals surface area (Å²) in [6.45, 7) is 14.5. The number of amides is 2. The maximum atomic E-state index is 14.0. The summed E-state index contributed by atoms with van der Waals surface area (Å²) in [4.78, 5) is 48.5. The molecule has 0 bridgehead atoms. The lowest BCUT2D eigenvalue weighted by molar-refractivity contribution is -0.142. The van der Waals surface area contributed by atoms with Crippen LogP contribution in [0, 0.1) is 17.2 Å². The first kappa shape index (κ1) is 36.3. The quantitative estimate of drug-likeness (QED) is 0.250. The van der Waals surface area contributed by atoms with E-state index in [1.807, 2.05) is 56.0 Å². The number of nitrogens with zero attached hydrogens (tertiary/aromatic N) is 6. The molecule has 1 aromatic carbocycles. The number of rotatable bonds is 9. The summed E-state index contributed by atoms with van der Waals surface area (Å²) in [5.41, 5.74) is -0.496. The molecule has 13 heteroatoms. The van der Waals surface area contributed by atoms with Crippen LogP contribution in [0.3, 0.4) is 0 Å². The summed E-state index contributed by atoms with van der Waals surface area (Å²) in [5.74, 6) is -0.500. The number of ether oxygens (including phenoxy) is 2. The number of nitriles is 1. The van der Waals surface area contributed by atoms with Crippen LogP contribution < -0.4 is 5.56 Å². The summed E-state index contributed by atoms with van der Waals surface area (Å²) < 4.78 is 14.5. The summed E-state index contributed by atoms with van der Waals surface area (Å²) in [6, 6.07) is 14.5. The van der Waals surface area contributed by atoms with Gasteiger partial charge in [-0.1, -0.05) is 50.0 Å². The summed E-state index contributed by atoms with van der Waals surface area (Å²) >= 11 is 0. The van der Waals surface area contributed by atoms with E-state index in [0.717, 1.165) is 11.6 Å². The number of carbonyl (C=O) groups excluding carboxylic acids is 2. The summed E-state index contributed by atoms with van der Waals surface area (Å²) in [7, 11) is -1.28. The van der Waals surface area contributed by atoms with Gasteiger partial charge in [0.15, 0.2) is 0 Å². The minimum atomic E-state index is -1.28. The molecule has 0 unspecified atom stereocenters. The van der Waals surface area contributed by atoms with Crippen molar-refractivity contribution in [3.05, 3.63) is 64.3 Å². The average molecular weight is 691 g/mol. The molecular weight excluding hydrogens is 641 g/mol. The van der Waals surface area contributed by atoms with Crippen molar-refractivity contribution in [1.82, 2.24) is 23.9 Å². The molecule has 0 radical (unpaired) electrons. The van der Waals surface area contributed by atoms with Crippen LogP contribution in [0.1, 0.15) is 57.2 Å². The van der Waals surface area contributed by atoms with Crippen LogP contribution in [0.25, 0.3) is 11.0 Å². The van der Waals surface area contributed by atoms with Gasteiger partial charge in [-0.25, -0.2) is 9.78 Å². The topological polar surface area (TPSA) is 143 Å². The Bertz CT molecular complexity index is 1740. The van der Waals surface area contributed by atoms with E-state index < -0.39 is 19.3 Å². The molecule has 0 saturated carbocycles. The van der Waals surface area contributed by atoms with Gasteiger partial charge in [-0.2, -0.15) is 5.26 Å². The molecule has 49 heavy (non-hydrogen) atoms. The van der Waals surface area contributed by atoms with Crippen molar-refractivity contribution >= 4 is 31.1 Å². The number of hydrogen-bond acceptors (Lipinski definition) is 8. The van der Waals surface area contributed by atoms with Gasteiger partial charge in [-0.05, 0) is 57.7 Å². The smallest absolute Gasteiger partial charge is 0.410 e. The monoisotopic (exact) mass is 690 g/mol. The normalized spacial score (nSPS) is 19.9. The molecular formula is C36H50N6O6Si. The molecule has 1 N–H and O–H groups in total. The Labute approximate surface area is 289 Å². The highest BCUT2D eigenvalue weighted by Crippen LogP contribution is 2.36. The van der Waals surface area contributed by atoms with Crippen molar-refractivity contribution in [2.45, 2.75) is 96.1 Å². The van der Waals surface area contributed by atoms with Crippen molar-refractivity contribution in [3.8, 4) is 6.07 Å². The first-order chi connectivity index (χ1) is 23.1. The third kappa shape index (κ3) is 8.79. The van der Waals surface area contributed by atoms with Gasteiger partial charge >= 0.3 is 6.09 Å². The Morgan fingerprint density at radius 2 is 1.80 bits per heavy atom. The van der Waals surface area contributed by atoms with Gasteiger partial charge in [-0.15, -0.1) is 0 Å². The summed E-state index contributed by atoms with van der Waals surface area (Å²) in [6.07, 6.45) is 2.14. The number of aliphatic hydroxyl groups is 1. The van der Waals surface area contributed by atoms with E-state index in [1.54, 1.807) is 9.47 Å². The molecule has 2 fully saturated rings. The standard InChI is InChI=1S/C36H50N6O6Si/c1-35(2,3)48-34(45)40-15-12-28(30(22-40)26-10-8-7-9-11-26)32(43)39-16-13-36(46,14-17-39)23-41-24-38-31-29(33(41)44)20-27(21-37)42(31)25-47-18-19-49(4,5)6/h7-11,20,24,28,30,46H,12-19,22-23,25H2,1-6H3/t28-,30+/m1/s1. The molecule has 5 rings (SSSR count). The molecule has 3 aromatic rings. The zero-order valence-corrected chi connectivity index (χ0v) is 30.6. The van der Waals surface area contributed by atoms with Crippen LogP contribution in [0.2, 0.25) is 25.7 Å². The lowest BCUT2D eigenvalue weighted by Gasteiger charge is -2.43. The molecule has 2 aromatic heterocycles. The molecule has 2 amide bonds. The first-order valence-electron chi connectivity index (χ1n) is 17.2. The SMILES string of the molecule is CC(C)(C)OC(=O)N1CC[C@@H](C(=O)N2CCC(O)(Cn3cnc4c(cc(C#N)n4COCC[Si](C)(C)C)c3=O)CC2)[C@H](c2ccccc2)C1. The number of likely N-dealkylation sites (tertiary alicyclic amines) is 2. The minimum absolute atomic E-state index is 0.0115. The Morgan fingerprint density at radius 3 is 2.43 bits per heavy atom. The molecule has 0 spiro atoms. The highest BCUT2D eigenvalue weighted by molar-refractivity contribution is 6.76. The number of piperidine rings is 2. The number of benzene rings is 1. The fourth-order valence-corrected chi connectivity index (χ4v) is 7.42. The van der Waals surface area contributed by atoms with Crippen molar-refractivity contribution in [2.75, 3.05) is 32.8 Å². The third-order valence-electron chi connectivity index (χ3n) is 9.49. The van der Waals surface area contributed by atoms with Crippen LogP contribution in [0.5, 0.6) is 0 Å². The number of carbonyl (C=O) groups is 2. The molecule has 2 aliphatic rings. The Balaban J connectivity index is 1.25. The predicted molar refractivity (Wildman–Crippen MR) is 189 cm³/mol. The van der Waals surface area contributed by atoms with Gasteiger partial charge < -0.3 is 24.4 Å². The van der Waals surface area contributed by atoms with Crippen LogP contribution in [-0.2, 0) is 27.5 Å². The van der Waals surface area contributed by atoms with Crippen molar-refractivity contribution in [2.24, 2.45) is 5.92 Å². The Kier molecular flexibility index (Phi) is 10.7. The second-order valence-corrected chi connectivity index (χ2v) is 21.3. The zero-order chi connectivity index (χ0) is 35.6. The van der Waals surface area contributed by atoms with Gasteiger partial charge in [0, 0.05) is 52.7 Å². The lowest BCUT2D eigenvalue weighted by Crippen LogP contribution is -2.53. The zero-order valence-electron chi connectivity index (χ0n) is 29.6. The highest BCUT2D eigenvalue weighted by Gasteiger charge is 2.42. The van der Waals surface area contributed by atoms with Crippen LogP contribution in [0.4, 0.5) is 4.79 Å². The molecule has 0 aliphatic carbocycles. The van der Waals surface area contributed by atoms with Crippen molar-refractivity contribution in [1.29, 1.82) is 5.26 Å². The minimum Gasteiger partial charge on any atom is -0.444 e. The molecule has 12 nitrogen and oxygen atoms in total. The second-order valence-electron chi connectivity index (χ2n) is 15.7. The number of aromatic nitrogens is 3. The van der Waals surface area contributed by atoms with Gasteiger partial charge in [0.25, 0.3) is 5.56 Å². The molecule has 2 saturated heterocycles. The second kappa shape index (κ2) is 14.5. The average Bonchev–Trinajstić information content (AvgIpc) is 3.41. The highest BCUT2D eigenvalue weighted by atomic mass is 28.3.